The molecule has 0 N–H and O–H groups in total. The predicted octanol–water partition coefficient (Wildman–Crippen LogP) is 7.43. The van der Waals surface area contributed by atoms with E-state index in [0.717, 1.165) is 27.2 Å². The normalized spacial score (nSPS) is 12.0. The average Bonchev–Trinajstić information content (AvgIpc) is 2.78. The van der Waals surface area contributed by atoms with Crippen molar-refractivity contribution >= 4 is 52.1 Å². The molecule has 0 fully saturated rings. The number of esters is 1. The fourth-order valence-corrected chi connectivity index (χ4v) is 4.09. The van der Waals surface area contributed by atoms with Crippen molar-refractivity contribution in [3.8, 4) is 0 Å². The van der Waals surface area contributed by atoms with Gasteiger partial charge in [0.15, 0.2) is 0 Å². The van der Waals surface area contributed by atoms with Crippen molar-refractivity contribution in [2.24, 2.45) is 0 Å². The number of rotatable bonds is 7. The lowest BCUT2D eigenvalue weighted by Gasteiger charge is -2.15. The van der Waals surface area contributed by atoms with Gasteiger partial charge in [-0.3, -0.25) is 0 Å². The standard InChI is InChI=1S/C25H20Cl2O2S/c1-29-25(28)16-15-23(18-7-11-20(26)12-8-18)24(19-9-13-21(27)14-10-19)17-30-22-5-3-2-4-6-22/h2-16H,17H2,1H3/b16-15+,24-23+. The number of hydrogen-bond acceptors (Lipinski definition) is 3. The van der Waals surface area contributed by atoms with Gasteiger partial charge in [0.2, 0.25) is 0 Å². The molecule has 0 amide bonds. The van der Waals surface area contributed by atoms with Crippen molar-refractivity contribution in [1.29, 1.82) is 0 Å². The Kier molecular flexibility index (Phi) is 8.21. The number of methoxy groups -OCH3 is 1. The maximum absolute atomic E-state index is 11.8. The summed E-state index contributed by atoms with van der Waals surface area (Å²) < 4.78 is 4.79. The molecule has 5 heteroatoms. The smallest absolute Gasteiger partial charge is 0.330 e. The van der Waals surface area contributed by atoms with Gasteiger partial charge < -0.3 is 4.74 Å². The van der Waals surface area contributed by atoms with Crippen molar-refractivity contribution < 1.29 is 9.53 Å². The first-order chi connectivity index (χ1) is 14.6. The number of allylic oxidation sites excluding steroid dienone is 2. The van der Waals surface area contributed by atoms with Crippen LogP contribution in [0.15, 0.2) is 95.9 Å². The monoisotopic (exact) mass is 454 g/mol. The van der Waals surface area contributed by atoms with Gasteiger partial charge in [0.1, 0.15) is 0 Å². The lowest BCUT2D eigenvalue weighted by Crippen LogP contribution is -1.97. The van der Waals surface area contributed by atoms with E-state index < -0.39 is 5.97 Å². The van der Waals surface area contributed by atoms with E-state index in [1.807, 2.05) is 66.7 Å². The SMILES string of the molecule is COC(=O)/C=C/C(=C(/CSc1ccccc1)c1ccc(Cl)cc1)c1ccc(Cl)cc1. The Morgan fingerprint density at radius 3 is 1.97 bits per heavy atom. The van der Waals surface area contributed by atoms with Crippen LogP contribution >= 0.6 is 35.0 Å². The van der Waals surface area contributed by atoms with E-state index in [1.165, 1.54) is 13.2 Å². The average molecular weight is 455 g/mol. The Morgan fingerprint density at radius 2 is 1.40 bits per heavy atom. The second-order valence-electron chi connectivity index (χ2n) is 6.36. The summed E-state index contributed by atoms with van der Waals surface area (Å²) in [6.45, 7) is 0. The molecule has 0 aliphatic heterocycles. The summed E-state index contributed by atoms with van der Waals surface area (Å²) in [5, 5.41) is 1.33. The van der Waals surface area contributed by atoms with Gasteiger partial charge in [-0.05, 0) is 64.7 Å². The Labute approximate surface area is 191 Å². The van der Waals surface area contributed by atoms with Crippen LogP contribution in [0.4, 0.5) is 0 Å². The van der Waals surface area contributed by atoms with Crippen LogP contribution in [-0.4, -0.2) is 18.8 Å². The van der Waals surface area contributed by atoms with Crippen LogP contribution in [0.3, 0.4) is 0 Å². The summed E-state index contributed by atoms with van der Waals surface area (Å²) in [7, 11) is 1.36. The molecule has 0 heterocycles. The lowest BCUT2D eigenvalue weighted by atomic mass is 9.95. The molecule has 0 aromatic heterocycles. The summed E-state index contributed by atoms with van der Waals surface area (Å²) in [6, 6.07) is 25.5. The lowest BCUT2D eigenvalue weighted by molar-refractivity contribution is -0.134. The topological polar surface area (TPSA) is 26.3 Å². The molecular weight excluding hydrogens is 435 g/mol. The van der Waals surface area contributed by atoms with Crippen molar-refractivity contribution in [3.05, 3.63) is 112 Å². The number of benzene rings is 3. The van der Waals surface area contributed by atoms with Gasteiger partial charge in [-0.25, -0.2) is 4.79 Å². The van der Waals surface area contributed by atoms with Gasteiger partial charge in [-0.2, -0.15) is 0 Å². The molecule has 3 aromatic rings. The van der Waals surface area contributed by atoms with Crippen molar-refractivity contribution in [2.45, 2.75) is 4.90 Å². The Balaban J connectivity index is 2.12. The minimum Gasteiger partial charge on any atom is -0.466 e. The van der Waals surface area contributed by atoms with Crippen LogP contribution in [0.1, 0.15) is 11.1 Å². The zero-order valence-corrected chi connectivity index (χ0v) is 18.7. The fraction of sp³-hybridized carbons (Fsp3) is 0.0800. The van der Waals surface area contributed by atoms with Gasteiger partial charge in [0.25, 0.3) is 0 Å². The minimum atomic E-state index is -0.410. The molecule has 0 aliphatic carbocycles. The molecule has 30 heavy (non-hydrogen) atoms. The summed E-state index contributed by atoms with van der Waals surface area (Å²) in [5.41, 5.74) is 3.98. The number of thioether (sulfide) groups is 1. The van der Waals surface area contributed by atoms with Gasteiger partial charge in [0.05, 0.1) is 7.11 Å². The van der Waals surface area contributed by atoms with Crippen LogP contribution in [0.2, 0.25) is 10.0 Å². The number of carbonyl (C=O) groups is 1. The molecule has 0 saturated carbocycles. The Hall–Kier alpha value is -2.46. The molecule has 0 atom stereocenters. The van der Waals surface area contributed by atoms with E-state index in [9.17, 15) is 4.79 Å². The molecule has 0 saturated heterocycles. The minimum absolute atomic E-state index is 0.410. The first kappa shape index (κ1) is 22.2. The van der Waals surface area contributed by atoms with Crippen LogP contribution in [0.5, 0.6) is 0 Å². The molecule has 3 rings (SSSR count). The summed E-state index contributed by atoms with van der Waals surface area (Å²) in [4.78, 5) is 13.0. The third-order valence-corrected chi connectivity index (χ3v) is 5.93. The predicted molar refractivity (Wildman–Crippen MR) is 128 cm³/mol. The van der Waals surface area contributed by atoms with E-state index in [-0.39, 0.29) is 0 Å². The Bertz CT molecular complexity index is 1040. The van der Waals surface area contributed by atoms with Crippen LogP contribution in [0, 0.1) is 0 Å². The van der Waals surface area contributed by atoms with E-state index in [4.69, 9.17) is 27.9 Å². The largest absolute Gasteiger partial charge is 0.466 e. The van der Waals surface area contributed by atoms with Gasteiger partial charge >= 0.3 is 5.97 Å². The number of carbonyl (C=O) groups excluding carboxylic acids is 1. The highest BCUT2D eigenvalue weighted by atomic mass is 35.5. The van der Waals surface area contributed by atoms with E-state index in [1.54, 1.807) is 17.8 Å². The van der Waals surface area contributed by atoms with E-state index in [2.05, 4.69) is 12.1 Å². The number of halogens is 2. The number of hydrogen-bond donors (Lipinski definition) is 0. The quantitative estimate of drug-likeness (QED) is 0.122. The third-order valence-electron chi connectivity index (χ3n) is 4.39. The zero-order valence-electron chi connectivity index (χ0n) is 16.3. The molecule has 0 spiro atoms. The first-order valence-electron chi connectivity index (χ1n) is 9.25. The van der Waals surface area contributed by atoms with Crippen molar-refractivity contribution in [1.82, 2.24) is 0 Å². The molecule has 0 aliphatic rings. The second-order valence-corrected chi connectivity index (χ2v) is 8.29. The second kappa shape index (κ2) is 11.1. The summed E-state index contributed by atoms with van der Waals surface area (Å²) in [5.74, 6) is 0.294. The molecule has 152 valence electrons. The van der Waals surface area contributed by atoms with Crippen molar-refractivity contribution in [3.63, 3.8) is 0 Å². The van der Waals surface area contributed by atoms with Gasteiger partial charge in [-0.15, -0.1) is 11.8 Å². The third kappa shape index (κ3) is 6.27. The zero-order chi connectivity index (χ0) is 21.3. The maximum Gasteiger partial charge on any atom is 0.330 e. The van der Waals surface area contributed by atoms with Crippen LogP contribution < -0.4 is 0 Å². The molecular formula is C25H20Cl2O2S. The molecule has 3 aromatic carbocycles. The summed E-state index contributed by atoms with van der Waals surface area (Å²) >= 11 is 13.9. The Morgan fingerprint density at radius 1 is 0.833 bits per heavy atom. The first-order valence-corrected chi connectivity index (χ1v) is 11.0. The molecule has 0 bridgehead atoms. The van der Waals surface area contributed by atoms with Crippen LogP contribution in [0.25, 0.3) is 11.1 Å². The number of ether oxygens (including phenoxy) is 1. The van der Waals surface area contributed by atoms with E-state index >= 15 is 0 Å². The highest BCUT2D eigenvalue weighted by molar-refractivity contribution is 7.99. The maximum atomic E-state index is 11.8. The molecule has 2 nitrogen and oxygen atoms in total. The van der Waals surface area contributed by atoms with Crippen LogP contribution in [-0.2, 0) is 9.53 Å². The highest BCUT2D eigenvalue weighted by Crippen LogP contribution is 2.34. The molecule has 0 unspecified atom stereocenters. The van der Waals surface area contributed by atoms with Gasteiger partial charge in [0, 0.05) is 26.8 Å². The van der Waals surface area contributed by atoms with Crippen molar-refractivity contribution in [2.75, 3.05) is 12.9 Å². The highest BCUT2D eigenvalue weighted by Gasteiger charge is 2.12. The van der Waals surface area contributed by atoms with E-state index in [0.29, 0.717) is 15.8 Å². The van der Waals surface area contributed by atoms with Gasteiger partial charge in [-0.1, -0.05) is 65.7 Å². The molecule has 0 radical (unpaired) electrons. The fourth-order valence-electron chi connectivity index (χ4n) is 2.86. The summed E-state index contributed by atoms with van der Waals surface area (Å²) in [6.07, 6.45) is 3.23.